The first-order chi connectivity index (χ1) is 13.5. The third-order valence-electron chi connectivity index (χ3n) is 4.70. The Labute approximate surface area is 170 Å². The van der Waals surface area contributed by atoms with E-state index in [1.165, 1.54) is 18.4 Å². The number of nitrogens with zero attached hydrogens (tertiary/aromatic N) is 3. The molecular formula is C21H28N4O2S. The lowest BCUT2D eigenvalue weighted by atomic mass is 9.95. The molecule has 0 saturated heterocycles. The van der Waals surface area contributed by atoms with Crippen LogP contribution in [0.4, 0.5) is 5.95 Å². The Balaban J connectivity index is 1.97. The van der Waals surface area contributed by atoms with Crippen molar-refractivity contribution in [2.75, 3.05) is 17.7 Å². The molecule has 1 aliphatic rings. The number of nitrogens with one attached hydrogen (secondary N) is 1. The van der Waals surface area contributed by atoms with Crippen LogP contribution in [0.5, 0.6) is 0 Å². The summed E-state index contributed by atoms with van der Waals surface area (Å²) >= 11 is 1.66. The number of ether oxygens (including phenoxy) is 1. The quantitative estimate of drug-likeness (QED) is 0.393. The van der Waals surface area contributed by atoms with Crippen molar-refractivity contribution >= 4 is 23.7 Å². The second-order valence-electron chi connectivity index (χ2n) is 6.92. The van der Waals surface area contributed by atoms with Crippen molar-refractivity contribution in [2.45, 2.75) is 58.2 Å². The van der Waals surface area contributed by atoms with Gasteiger partial charge in [0, 0.05) is 11.4 Å². The van der Waals surface area contributed by atoms with Crippen LogP contribution in [0.25, 0.3) is 0 Å². The van der Waals surface area contributed by atoms with Gasteiger partial charge in [-0.15, -0.1) is 5.10 Å². The second kappa shape index (κ2) is 9.28. The van der Waals surface area contributed by atoms with Crippen molar-refractivity contribution in [3.8, 4) is 0 Å². The van der Waals surface area contributed by atoms with Crippen molar-refractivity contribution in [3.63, 3.8) is 0 Å². The van der Waals surface area contributed by atoms with Crippen LogP contribution in [0, 0.1) is 6.92 Å². The molecule has 0 amide bonds. The van der Waals surface area contributed by atoms with Gasteiger partial charge in [0.25, 0.3) is 0 Å². The van der Waals surface area contributed by atoms with Gasteiger partial charge in [-0.3, -0.25) is 0 Å². The molecule has 0 bridgehead atoms. The summed E-state index contributed by atoms with van der Waals surface area (Å²) in [6.45, 7) is 8.28. The SMILES string of the molecule is CCCCCSc1nc2n(n1)[C@@H](c1ccc(C)cc1)C(C(=O)OCC)=C(C)N2. The van der Waals surface area contributed by atoms with Gasteiger partial charge < -0.3 is 10.1 Å². The van der Waals surface area contributed by atoms with Crippen molar-refractivity contribution in [1.29, 1.82) is 0 Å². The number of benzene rings is 1. The first-order valence-electron chi connectivity index (χ1n) is 9.86. The smallest absolute Gasteiger partial charge is 0.338 e. The summed E-state index contributed by atoms with van der Waals surface area (Å²) in [6.07, 6.45) is 3.54. The molecular weight excluding hydrogens is 372 g/mol. The number of carbonyl (C=O) groups is 1. The van der Waals surface area contributed by atoms with Crippen LogP contribution in [-0.4, -0.2) is 33.1 Å². The molecule has 6 nitrogen and oxygen atoms in total. The van der Waals surface area contributed by atoms with E-state index in [1.54, 1.807) is 11.8 Å². The zero-order valence-corrected chi connectivity index (χ0v) is 17.8. The molecule has 2 heterocycles. The third kappa shape index (κ3) is 4.41. The highest BCUT2D eigenvalue weighted by atomic mass is 32.2. The summed E-state index contributed by atoms with van der Waals surface area (Å²) in [4.78, 5) is 17.4. The summed E-state index contributed by atoms with van der Waals surface area (Å²) in [5.41, 5.74) is 3.49. The fourth-order valence-electron chi connectivity index (χ4n) is 3.24. The van der Waals surface area contributed by atoms with Crippen LogP contribution in [0.3, 0.4) is 0 Å². The van der Waals surface area contributed by atoms with Crippen molar-refractivity contribution in [2.24, 2.45) is 0 Å². The molecule has 1 atom stereocenters. The molecule has 1 N–H and O–H groups in total. The number of thioether (sulfide) groups is 1. The second-order valence-corrected chi connectivity index (χ2v) is 7.98. The molecule has 1 aliphatic heterocycles. The first kappa shape index (κ1) is 20.5. The predicted molar refractivity (Wildman–Crippen MR) is 113 cm³/mol. The van der Waals surface area contributed by atoms with Crippen LogP contribution in [0.15, 0.2) is 40.7 Å². The number of anilines is 1. The van der Waals surface area contributed by atoms with Gasteiger partial charge in [-0.05, 0) is 32.8 Å². The van der Waals surface area contributed by atoms with E-state index in [4.69, 9.17) is 9.84 Å². The van der Waals surface area contributed by atoms with Crippen LogP contribution in [0.2, 0.25) is 0 Å². The van der Waals surface area contributed by atoms with Crippen molar-refractivity contribution < 1.29 is 9.53 Å². The average molecular weight is 401 g/mol. The number of hydrogen-bond donors (Lipinski definition) is 1. The van der Waals surface area contributed by atoms with Gasteiger partial charge in [-0.25, -0.2) is 9.48 Å². The monoisotopic (exact) mass is 400 g/mol. The molecule has 7 heteroatoms. The number of esters is 1. The normalized spacial score (nSPS) is 15.9. The van der Waals surface area contributed by atoms with Gasteiger partial charge in [-0.1, -0.05) is 61.4 Å². The number of aromatic nitrogens is 3. The van der Waals surface area contributed by atoms with E-state index in [0.717, 1.165) is 28.6 Å². The van der Waals surface area contributed by atoms with Crippen LogP contribution < -0.4 is 5.32 Å². The highest BCUT2D eigenvalue weighted by molar-refractivity contribution is 7.99. The molecule has 0 saturated carbocycles. The maximum atomic E-state index is 12.7. The number of allylic oxidation sites excluding steroid dienone is 1. The Bertz CT molecular complexity index is 858. The third-order valence-corrected chi connectivity index (χ3v) is 5.62. The van der Waals surface area contributed by atoms with Crippen molar-refractivity contribution in [3.05, 3.63) is 46.7 Å². The standard InChI is InChI=1S/C21H28N4O2S/c1-5-7-8-13-28-21-23-20-22-15(4)17(19(26)27-6-2)18(25(20)24-21)16-11-9-14(3)10-12-16/h9-12,18H,5-8,13H2,1-4H3,(H,22,23,24)/t18-/m0/s1. The largest absolute Gasteiger partial charge is 0.463 e. The Hall–Kier alpha value is -2.28. The highest BCUT2D eigenvalue weighted by Gasteiger charge is 2.35. The lowest BCUT2D eigenvalue weighted by molar-refractivity contribution is -0.139. The van der Waals surface area contributed by atoms with Gasteiger partial charge in [-0.2, -0.15) is 4.98 Å². The minimum atomic E-state index is -0.353. The number of carbonyl (C=O) groups excluding carboxylic acids is 1. The Morgan fingerprint density at radius 1 is 1.21 bits per heavy atom. The molecule has 0 unspecified atom stereocenters. The molecule has 0 spiro atoms. The molecule has 1 aromatic heterocycles. The summed E-state index contributed by atoms with van der Waals surface area (Å²) in [5.74, 6) is 1.33. The highest BCUT2D eigenvalue weighted by Crippen LogP contribution is 2.36. The predicted octanol–water partition coefficient (Wildman–Crippen LogP) is 4.72. The molecule has 2 aromatic rings. The number of rotatable bonds is 8. The Kier molecular flexibility index (Phi) is 6.78. The minimum absolute atomic E-state index is 0.323. The zero-order valence-electron chi connectivity index (χ0n) is 17.0. The van der Waals surface area contributed by atoms with Crippen LogP contribution >= 0.6 is 11.8 Å². The van der Waals surface area contributed by atoms with Gasteiger partial charge >= 0.3 is 5.97 Å². The Morgan fingerprint density at radius 2 is 1.96 bits per heavy atom. The maximum Gasteiger partial charge on any atom is 0.338 e. The molecule has 150 valence electrons. The van der Waals surface area contributed by atoms with Crippen LogP contribution in [-0.2, 0) is 9.53 Å². The molecule has 0 aliphatic carbocycles. The number of aryl methyl sites for hydroxylation is 1. The Morgan fingerprint density at radius 3 is 2.64 bits per heavy atom. The van der Waals surface area contributed by atoms with Gasteiger partial charge in [0.1, 0.15) is 6.04 Å². The van der Waals surface area contributed by atoms with Crippen LogP contribution in [0.1, 0.15) is 57.2 Å². The van der Waals surface area contributed by atoms with E-state index in [-0.39, 0.29) is 12.0 Å². The summed E-state index contributed by atoms with van der Waals surface area (Å²) < 4.78 is 7.15. The molecule has 0 fully saturated rings. The number of fused-ring (bicyclic) bond motifs is 1. The molecule has 3 rings (SSSR count). The summed E-state index contributed by atoms with van der Waals surface area (Å²) in [5, 5.41) is 8.69. The van der Waals surface area contributed by atoms with E-state index in [1.807, 2.05) is 49.7 Å². The number of hydrogen-bond acceptors (Lipinski definition) is 6. The lowest BCUT2D eigenvalue weighted by Gasteiger charge is -2.28. The number of unbranched alkanes of at least 4 members (excludes halogenated alkanes) is 2. The molecule has 28 heavy (non-hydrogen) atoms. The van der Waals surface area contributed by atoms with Gasteiger partial charge in [0.2, 0.25) is 11.1 Å². The zero-order chi connectivity index (χ0) is 20.1. The van der Waals surface area contributed by atoms with E-state index in [2.05, 4.69) is 17.2 Å². The fourth-order valence-corrected chi connectivity index (χ4v) is 4.07. The average Bonchev–Trinajstić information content (AvgIpc) is 3.07. The van der Waals surface area contributed by atoms with E-state index in [9.17, 15) is 4.79 Å². The van der Waals surface area contributed by atoms with E-state index in [0.29, 0.717) is 18.1 Å². The molecule has 0 radical (unpaired) electrons. The summed E-state index contributed by atoms with van der Waals surface area (Å²) in [6, 6.07) is 7.82. The van der Waals surface area contributed by atoms with Crippen molar-refractivity contribution in [1.82, 2.24) is 14.8 Å². The van der Waals surface area contributed by atoms with E-state index >= 15 is 0 Å². The minimum Gasteiger partial charge on any atom is -0.463 e. The fraction of sp³-hybridized carbons (Fsp3) is 0.476. The summed E-state index contributed by atoms with van der Waals surface area (Å²) in [7, 11) is 0. The molecule has 1 aromatic carbocycles. The topological polar surface area (TPSA) is 69.0 Å². The first-order valence-corrected chi connectivity index (χ1v) is 10.8. The lowest BCUT2D eigenvalue weighted by Crippen LogP contribution is -2.29. The van der Waals surface area contributed by atoms with Gasteiger partial charge in [0.05, 0.1) is 12.2 Å². The van der Waals surface area contributed by atoms with E-state index < -0.39 is 0 Å². The van der Waals surface area contributed by atoms with Gasteiger partial charge in [0.15, 0.2) is 0 Å². The maximum absolute atomic E-state index is 12.7.